The normalized spacial score (nSPS) is 11.2. The van der Waals surface area contributed by atoms with Gasteiger partial charge in [-0.3, -0.25) is 0 Å². The highest BCUT2D eigenvalue weighted by atomic mass is 35.5. The van der Waals surface area contributed by atoms with Crippen LogP contribution in [0.1, 0.15) is 47.1 Å². The molecule has 0 amide bonds. The van der Waals surface area contributed by atoms with Crippen LogP contribution in [0, 0.1) is 0 Å². The molecule has 0 spiro atoms. The number of benzene rings is 4. The van der Waals surface area contributed by atoms with E-state index in [2.05, 4.69) is 43.3 Å². The summed E-state index contributed by atoms with van der Waals surface area (Å²) in [7, 11) is 1.38. The van der Waals surface area contributed by atoms with Crippen LogP contribution in [0.2, 0.25) is 10.0 Å². The minimum absolute atomic E-state index is 0.374. The van der Waals surface area contributed by atoms with E-state index in [9.17, 15) is 4.79 Å². The van der Waals surface area contributed by atoms with E-state index in [0.717, 1.165) is 64.5 Å². The van der Waals surface area contributed by atoms with Crippen molar-refractivity contribution in [1.82, 2.24) is 9.55 Å². The fraction of sp³-hybridized carbons (Fsp3) is 0.167. The first kappa shape index (κ1) is 30.1. The third kappa shape index (κ3) is 7.75. The molecule has 5 nitrogen and oxygen atoms in total. The van der Waals surface area contributed by atoms with Crippen LogP contribution < -0.4 is 4.74 Å². The lowest BCUT2D eigenvalue weighted by molar-refractivity contribution is 0.0600. The number of carbonyl (C=O) groups excluding carboxylic acids is 1. The second-order valence-electron chi connectivity index (χ2n) is 10.1. The largest absolute Gasteiger partial charge is 0.494 e. The molecule has 218 valence electrons. The van der Waals surface area contributed by atoms with Crippen LogP contribution >= 0.6 is 23.2 Å². The van der Waals surface area contributed by atoms with Gasteiger partial charge in [0.25, 0.3) is 0 Å². The number of halogens is 2. The number of aromatic nitrogens is 2. The van der Waals surface area contributed by atoms with Crippen molar-refractivity contribution in [3.63, 3.8) is 0 Å². The summed E-state index contributed by atoms with van der Waals surface area (Å²) in [6.45, 7) is 3.39. The smallest absolute Gasteiger partial charge is 0.337 e. The fourth-order valence-electron chi connectivity index (χ4n) is 4.66. The van der Waals surface area contributed by atoms with Gasteiger partial charge in [0.1, 0.15) is 11.6 Å². The van der Waals surface area contributed by atoms with Crippen LogP contribution in [0.5, 0.6) is 5.75 Å². The van der Waals surface area contributed by atoms with Crippen molar-refractivity contribution in [3.8, 4) is 28.1 Å². The molecular formula is C36H32Cl2N2O3. The molecule has 7 heteroatoms. The molecule has 0 atom stereocenters. The van der Waals surface area contributed by atoms with E-state index in [1.807, 2.05) is 59.3 Å². The number of ether oxygens (including phenoxy) is 2. The van der Waals surface area contributed by atoms with Crippen molar-refractivity contribution in [3.05, 3.63) is 130 Å². The van der Waals surface area contributed by atoms with E-state index in [1.54, 1.807) is 18.2 Å². The van der Waals surface area contributed by atoms with E-state index >= 15 is 0 Å². The predicted molar refractivity (Wildman–Crippen MR) is 176 cm³/mol. The Morgan fingerprint density at radius 2 is 1.65 bits per heavy atom. The first-order chi connectivity index (χ1) is 20.9. The molecule has 1 aromatic heterocycles. The number of hydrogen-bond donors (Lipinski definition) is 0. The van der Waals surface area contributed by atoms with E-state index in [1.165, 1.54) is 7.11 Å². The Bertz CT molecular complexity index is 1720. The number of nitrogens with zero attached hydrogens (tertiary/aromatic N) is 2. The Morgan fingerprint density at radius 1 is 0.907 bits per heavy atom. The lowest BCUT2D eigenvalue weighted by Gasteiger charge is -2.08. The third-order valence-corrected chi connectivity index (χ3v) is 7.55. The van der Waals surface area contributed by atoms with Gasteiger partial charge >= 0.3 is 5.97 Å². The molecule has 5 rings (SSSR count). The summed E-state index contributed by atoms with van der Waals surface area (Å²) in [5, 5.41) is 1.09. The lowest BCUT2D eigenvalue weighted by Crippen LogP contribution is -2.05. The van der Waals surface area contributed by atoms with Gasteiger partial charge in [-0.1, -0.05) is 91.2 Å². The van der Waals surface area contributed by atoms with Gasteiger partial charge in [0.15, 0.2) is 0 Å². The highest BCUT2D eigenvalue weighted by molar-refractivity contribution is 6.36. The van der Waals surface area contributed by atoms with Crippen molar-refractivity contribution >= 4 is 41.3 Å². The highest BCUT2D eigenvalue weighted by Crippen LogP contribution is 2.31. The van der Waals surface area contributed by atoms with Crippen LogP contribution in [0.15, 0.2) is 97.2 Å². The number of esters is 1. The maximum absolute atomic E-state index is 12.1. The average Bonchev–Trinajstić information content (AvgIpc) is 3.42. The van der Waals surface area contributed by atoms with Crippen molar-refractivity contribution in [2.45, 2.75) is 26.3 Å². The first-order valence-corrected chi connectivity index (χ1v) is 14.9. The molecule has 0 bridgehead atoms. The SMILES string of the molecule is CCCCOc1ccc(-c2ccc(/C=C/c3nc(-c4ccc(Cl)cc4Cl)cn3Cc3cccc(C(=O)OC)c3)cc2)cc1. The number of methoxy groups -OCH3 is 1. The van der Waals surface area contributed by atoms with Crippen molar-refractivity contribution in [1.29, 1.82) is 0 Å². The van der Waals surface area contributed by atoms with Crippen molar-refractivity contribution < 1.29 is 14.3 Å². The van der Waals surface area contributed by atoms with E-state index in [-0.39, 0.29) is 5.97 Å². The molecule has 0 aliphatic heterocycles. The van der Waals surface area contributed by atoms with Crippen LogP contribution in [-0.2, 0) is 11.3 Å². The molecule has 5 aromatic rings. The summed E-state index contributed by atoms with van der Waals surface area (Å²) >= 11 is 12.7. The fourth-order valence-corrected chi connectivity index (χ4v) is 5.17. The average molecular weight is 612 g/mol. The first-order valence-electron chi connectivity index (χ1n) is 14.1. The Labute approximate surface area is 262 Å². The number of unbranched alkanes of at least 4 members (excludes halogenated alkanes) is 1. The Hall–Kier alpha value is -4.32. The van der Waals surface area contributed by atoms with Gasteiger partial charge in [-0.2, -0.15) is 0 Å². The van der Waals surface area contributed by atoms with Gasteiger partial charge in [-0.25, -0.2) is 9.78 Å². The lowest BCUT2D eigenvalue weighted by atomic mass is 10.0. The molecular weight excluding hydrogens is 579 g/mol. The zero-order valence-corrected chi connectivity index (χ0v) is 25.6. The van der Waals surface area contributed by atoms with Crippen LogP contribution in [0.4, 0.5) is 0 Å². The summed E-state index contributed by atoms with van der Waals surface area (Å²) in [5.74, 6) is 1.26. The monoisotopic (exact) mass is 610 g/mol. The van der Waals surface area contributed by atoms with Crippen molar-refractivity contribution in [2.24, 2.45) is 0 Å². The molecule has 1 heterocycles. The maximum atomic E-state index is 12.1. The summed E-state index contributed by atoms with van der Waals surface area (Å²) in [4.78, 5) is 17.0. The number of hydrogen-bond acceptors (Lipinski definition) is 4. The molecule has 4 aromatic carbocycles. The number of rotatable bonds is 11. The van der Waals surface area contributed by atoms with E-state index in [0.29, 0.717) is 22.2 Å². The second kappa shape index (κ2) is 14.2. The summed E-state index contributed by atoms with van der Waals surface area (Å²) < 4.78 is 12.7. The van der Waals surface area contributed by atoms with Crippen LogP contribution in [-0.4, -0.2) is 29.2 Å². The molecule has 0 aliphatic carbocycles. The molecule has 43 heavy (non-hydrogen) atoms. The third-order valence-electron chi connectivity index (χ3n) is 7.01. The minimum atomic E-state index is -0.374. The van der Waals surface area contributed by atoms with Gasteiger partial charge in [0.2, 0.25) is 0 Å². The van der Waals surface area contributed by atoms with E-state index < -0.39 is 0 Å². The summed E-state index contributed by atoms with van der Waals surface area (Å²) in [5.41, 5.74) is 6.25. The highest BCUT2D eigenvalue weighted by Gasteiger charge is 2.13. The number of imidazole rings is 1. The quantitative estimate of drug-likeness (QED) is 0.110. The molecule has 0 unspecified atom stereocenters. The predicted octanol–water partition coefficient (Wildman–Crippen LogP) is 9.71. The Morgan fingerprint density at radius 3 is 2.35 bits per heavy atom. The minimum Gasteiger partial charge on any atom is -0.494 e. The summed E-state index contributed by atoms with van der Waals surface area (Å²) in [6.07, 6.45) is 8.14. The topological polar surface area (TPSA) is 53.4 Å². The summed E-state index contributed by atoms with van der Waals surface area (Å²) in [6, 6.07) is 29.3. The van der Waals surface area contributed by atoms with Crippen LogP contribution in [0.3, 0.4) is 0 Å². The van der Waals surface area contributed by atoms with Gasteiger partial charge in [-0.15, -0.1) is 0 Å². The Kier molecular flexibility index (Phi) is 9.98. The van der Waals surface area contributed by atoms with Crippen LogP contribution in [0.25, 0.3) is 34.5 Å². The molecule has 0 N–H and O–H groups in total. The van der Waals surface area contributed by atoms with Gasteiger partial charge in [0, 0.05) is 23.3 Å². The zero-order chi connectivity index (χ0) is 30.2. The molecule has 0 saturated heterocycles. The molecule has 0 radical (unpaired) electrons. The zero-order valence-electron chi connectivity index (χ0n) is 24.1. The van der Waals surface area contributed by atoms with Gasteiger partial charge in [-0.05, 0) is 77.2 Å². The standard InChI is InChI=1S/C36H32Cl2N2O3/c1-3-4-20-43-31-16-13-28(14-17-31)27-11-8-25(9-12-27)10-19-35-39-34(32-18-15-30(37)22-33(32)38)24-40(35)23-26-6-5-7-29(21-26)36(41)42-2/h5-19,21-22,24H,3-4,20,23H2,1-2H3/b19-10+. The molecule has 0 aliphatic rings. The van der Waals surface area contributed by atoms with Crippen molar-refractivity contribution in [2.75, 3.05) is 13.7 Å². The molecule has 0 fully saturated rings. The molecule has 0 saturated carbocycles. The van der Waals surface area contributed by atoms with Gasteiger partial charge < -0.3 is 14.0 Å². The number of carbonyl (C=O) groups is 1. The maximum Gasteiger partial charge on any atom is 0.337 e. The van der Waals surface area contributed by atoms with E-state index in [4.69, 9.17) is 37.7 Å². The van der Waals surface area contributed by atoms with Gasteiger partial charge in [0.05, 0.1) is 30.0 Å². The second-order valence-corrected chi connectivity index (χ2v) is 11.0. The Balaban J connectivity index is 1.39.